The van der Waals surface area contributed by atoms with Crippen LogP contribution in [0.15, 0.2) is 24.3 Å². The van der Waals surface area contributed by atoms with Gasteiger partial charge in [-0.3, -0.25) is 0 Å². The van der Waals surface area contributed by atoms with Gasteiger partial charge in [-0.15, -0.1) is 0 Å². The number of ether oxygens (including phenoxy) is 2. The Kier molecular flexibility index (Phi) is 6.32. The van der Waals surface area contributed by atoms with E-state index in [0.717, 1.165) is 17.8 Å². The molecule has 0 fully saturated rings. The van der Waals surface area contributed by atoms with Gasteiger partial charge in [0.25, 0.3) is 0 Å². The van der Waals surface area contributed by atoms with Crippen molar-refractivity contribution in [3.63, 3.8) is 0 Å². The van der Waals surface area contributed by atoms with Gasteiger partial charge in [0.15, 0.2) is 11.5 Å². The van der Waals surface area contributed by atoms with Crippen molar-refractivity contribution in [2.75, 3.05) is 14.2 Å². The van der Waals surface area contributed by atoms with Gasteiger partial charge in [-0.05, 0) is 19.1 Å². The molecule has 0 aliphatic carbocycles. The quantitative estimate of drug-likeness (QED) is 0.655. The zero-order valence-corrected chi connectivity index (χ0v) is 8.11. The van der Waals surface area contributed by atoms with E-state index in [2.05, 4.69) is 0 Å². The maximum Gasteiger partial charge on any atom is 0.160 e. The summed E-state index contributed by atoms with van der Waals surface area (Å²) < 4.78 is 10.0. The van der Waals surface area contributed by atoms with Crippen molar-refractivity contribution in [2.24, 2.45) is 0 Å². The number of rotatable bonds is 2. The van der Waals surface area contributed by atoms with Crippen molar-refractivity contribution in [3.05, 3.63) is 24.3 Å². The van der Waals surface area contributed by atoms with Crippen molar-refractivity contribution >= 4 is 6.29 Å². The molecule has 1 rings (SSSR count). The van der Waals surface area contributed by atoms with Gasteiger partial charge in [-0.1, -0.05) is 12.1 Å². The van der Waals surface area contributed by atoms with Gasteiger partial charge >= 0.3 is 0 Å². The number of aldehydes is 1. The van der Waals surface area contributed by atoms with Gasteiger partial charge < -0.3 is 14.3 Å². The Labute approximate surface area is 78.3 Å². The average Bonchev–Trinajstić information content (AvgIpc) is 2.19. The summed E-state index contributed by atoms with van der Waals surface area (Å²) in [5, 5.41) is 0. The van der Waals surface area contributed by atoms with Crippen LogP contribution in [0.3, 0.4) is 0 Å². The summed E-state index contributed by atoms with van der Waals surface area (Å²) in [6.07, 6.45) is 0.750. The minimum absolute atomic E-state index is 0.750. The first-order chi connectivity index (χ1) is 6.29. The van der Waals surface area contributed by atoms with Crippen molar-refractivity contribution < 1.29 is 14.3 Å². The maximum atomic E-state index is 8.81. The molecule has 0 bridgehead atoms. The number of hydrogen-bond donors (Lipinski definition) is 0. The van der Waals surface area contributed by atoms with Gasteiger partial charge in [0.1, 0.15) is 6.29 Å². The molecular weight excluding hydrogens is 168 g/mol. The molecule has 0 radical (unpaired) electrons. The molecule has 1 aromatic carbocycles. The number of benzene rings is 1. The first-order valence-corrected chi connectivity index (χ1v) is 3.87. The topological polar surface area (TPSA) is 35.5 Å². The number of para-hydroxylation sites is 2. The third kappa shape index (κ3) is 4.15. The third-order valence-corrected chi connectivity index (χ3v) is 1.29. The molecule has 13 heavy (non-hydrogen) atoms. The fourth-order valence-corrected chi connectivity index (χ4v) is 0.787. The molecular formula is C10H14O3. The lowest BCUT2D eigenvalue weighted by molar-refractivity contribution is -0.106. The van der Waals surface area contributed by atoms with Crippen molar-refractivity contribution in [3.8, 4) is 11.5 Å². The molecule has 0 aliphatic heterocycles. The van der Waals surface area contributed by atoms with Crippen molar-refractivity contribution in [2.45, 2.75) is 6.92 Å². The van der Waals surface area contributed by atoms with E-state index in [4.69, 9.17) is 14.3 Å². The molecule has 72 valence electrons. The first kappa shape index (κ1) is 11.5. The number of carbonyl (C=O) groups is 1. The molecule has 0 aromatic heterocycles. The largest absolute Gasteiger partial charge is 0.493 e. The molecule has 0 heterocycles. The molecule has 0 spiro atoms. The highest BCUT2D eigenvalue weighted by Gasteiger charge is 1.97. The highest BCUT2D eigenvalue weighted by molar-refractivity contribution is 5.44. The molecule has 0 saturated heterocycles. The van der Waals surface area contributed by atoms with Crippen LogP contribution in [-0.4, -0.2) is 20.5 Å². The minimum Gasteiger partial charge on any atom is -0.493 e. The molecule has 3 heteroatoms. The lowest BCUT2D eigenvalue weighted by Gasteiger charge is -2.04. The van der Waals surface area contributed by atoms with Crippen LogP contribution in [0.1, 0.15) is 6.92 Å². The van der Waals surface area contributed by atoms with E-state index >= 15 is 0 Å². The predicted molar refractivity (Wildman–Crippen MR) is 51.3 cm³/mol. The first-order valence-electron chi connectivity index (χ1n) is 3.87. The lowest BCUT2D eigenvalue weighted by Crippen LogP contribution is -1.88. The fraction of sp³-hybridized carbons (Fsp3) is 0.300. The summed E-state index contributed by atoms with van der Waals surface area (Å²) in [5.74, 6) is 1.54. The summed E-state index contributed by atoms with van der Waals surface area (Å²) in [6, 6.07) is 7.53. The standard InChI is InChI=1S/C8H10O2.C2H4O/c1-9-7-5-3-4-6-8(7)10-2;1-2-3/h3-6H,1-2H3;2H,1H3. The van der Waals surface area contributed by atoms with Crippen LogP contribution in [0, 0.1) is 0 Å². The lowest BCUT2D eigenvalue weighted by atomic mass is 10.3. The molecule has 0 unspecified atom stereocenters. The predicted octanol–water partition coefficient (Wildman–Crippen LogP) is 1.91. The van der Waals surface area contributed by atoms with Crippen LogP contribution < -0.4 is 9.47 Å². The van der Waals surface area contributed by atoms with E-state index in [0.29, 0.717) is 0 Å². The van der Waals surface area contributed by atoms with Crippen LogP contribution in [-0.2, 0) is 4.79 Å². The van der Waals surface area contributed by atoms with Gasteiger partial charge in [0.05, 0.1) is 14.2 Å². The highest BCUT2D eigenvalue weighted by Crippen LogP contribution is 2.24. The van der Waals surface area contributed by atoms with E-state index in [1.165, 1.54) is 6.92 Å². The van der Waals surface area contributed by atoms with Crippen LogP contribution in [0.4, 0.5) is 0 Å². The highest BCUT2D eigenvalue weighted by atomic mass is 16.5. The van der Waals surface area contributed by atoms with Crippen molar-refractivity contribution in [1.82, 2.24) is 0 Å². The van der Waals surface area contributed by atoms with Crippen LogP contribution in [0.25, 0.3) is 0 Å². The van der Waals surface area contributed by atoms with E-state index in [-0.39, 0.29) is 0 Å². The Morgan fingerprint density at radius 2 is 1.38 bits per heavy atom. The fourth-order valence-electron chi connectivity index (χ4n) is 0.787. The van der Waals surface area contributed by atoms with Gasteiger partial charge in [-0.25, -0.2) is 0 Å². The summed E-state index contributed by atoms with van der Waals surface area (Å²) >= 11 is 0. The zero-order valence-electron chi connectivity index (χ0n) is 8.11. The Balaban J connectivity index is 0.000000424. The smallest absolute Gasteiger partial charge is 0.160 e. The van der Waals surface area contributed by atoms with Gasteiger partial charge in [0, 0.05) is 0 Å². The molecule has 0 amide bonds. The molecule has 1 aromatic rings. The summed E-state index contributed by atoms with van der Waals surface area (Å²) in [6.45, 7) is 1.44. The second-order valence-electron chi connectivity index (χ2n) is 2.09. The Morgan fingerprint density at radius 3 is 1.62 bits per heavy atom. The summed E-state index contributed by atoms with van der Waals surface area (Å²) in [7, 11) is 3.25. The van der Waals surface area contributed by atoms with Crippen LogP contribution in [0.5, 0.6) is 11.5 Å². The third-order valence-electron chi connectivity index (χ3n) is 1.29. The Morgan fingerprint density at radius 1 is 1.08 bits per heavy atom. The van der Waals surface area contributed by atoms with E-state index < -0.39 is 0 Å². The second-order valence-corrected chi connectivity index (χ2v) is 2.09. The normalized spacial score (nSPS) is 7.92. The Bertz CT molecular complexity index is 223. The number of carbonyl (C=O) groups excluding carboxylic acids is 1. The second kappa shape index (κ2) is 7.16. The molecule has 0 aliphatic rings. The molecule has 0 N–H and O–H groups in total. The average molecular weight is 182 g/mol. The summed E-state index contributed by atoms with van der Waals surface area (Å²) in [5.41, 5.74) is 0. The number of hydrogen-bond acceptors (Lipinski definition) is 3. The van der Waals surface area contributed by atoms with E-state index in [1.807, 2.05) is 24.3 Å². The van der Waals surface area contributed by atoms with E-state index in [1.54, 1.807) is 14.2 Å². The minimum atomic E-state index is 0.750. The van der Waals surface area contributed by atoms with E-state index in [9.17, 15) is 0 Å². The van der Waals surface area contributed by atoms with Crippen LogP contribution in [0.2, 0.25) is 0 Å². The maximum absolute atomic E-state index is 8.81. The van der Waals surface area contributed by atoms with Crippen molar-refractivity contribution in [1.29, 1.82) is 0 Å². The molecule has 0 atom stereocenters. The number of methoxy groups -OCH3 is 2. The van der Waals surface area contributed by atoms with Gasteiger partial charge in [0.2, 0.25) is 0 Å². The zero-order chi connectivity index (χ0) is 10.1. The molecule has 3 nitrogen and oxygen atoms in total. The SMILES string of the molecule is CC=O.COc1ccccc1OC. The van der Waals surface area contributed by atoms with Crippen LogP contribution >= 0.6 is 0 Å². The monoisotopic (exact) mass is 182 g/mol. The summed E-state index contributed by atoms with van der Waals surface area (Å²) in [4.78, 5) is 8.81. The Hall–Kier alpha value is -1.51. The van der Waals surface area contributed by atoms with Gasteiger partial charge in [-0.2, -0.15) is 0 Å². The molecule has 0 saturated carbocycles.